The van der Waals surface area contributed by atoms with Gasteiger partial charge in [0.25, 0.3) is 0 Å². The minimum atomic E-state index is -0.433. The minimum Gasteiger partial charge on any atom is -0.444 e. The van der Waals surface area contributed by atoms with E-state index in [0.29, 0.717) is 11.8 Å². The summed E-state index contributed by atoms with van der Waals surface area (Å²) in [7, 11) is 0. The Hall–Kier alpha value is -1.65. The first-order chi connectivity index (χ1) is 10.9. The van der Waals surface area contributed by atoms with E-state index in [0.717, 1.165) is 51.9 Å². The molecule has 2 saturated heterocycles. The van der Waals surface area contributed by atoms with Crippen LogP contribution < -0.4 is 5.32 Å². The average Bonchev–Trinajstić information content (AvgIpc) is 2.51. The van der Waals surface area contributed by atoms with Crippen LogP contribution in [-0.4, -0.2) is 42.8 Å². The first-order valence-electron chi connectivity index (χ1n) is 8.64. The molecule has 1 amide bonds. The molecule has 2 aliphatic heterocycles. The van der Waals surface area contributed by atoms with E-state index < -0.39 is 5.60 Å². The van der Waals surface area contributed by atoms with Gasteiger partial charge in [-0.1, -0.05) is 11.8 Å². The monoisotopic (exact) mass is 316 g/mol. The fourth-order valence-corrected chi connectivity index (χ4v) is 2.78. The fraction of sp³-hybridized carbons (Fsp3) is 0.737. The Morgan fingerprint density at radius 3 is 2.04 bits per heavy atom. The second-order valence-electron chi connectivity index (χ2n) is 7.30. The number of nitrogens with zero attached hydrogens (tertiary/aromatic N) is 1. The number of amides is 1. The molecule has 2 fully saturated rings. The van der Waals surface area contributed by atoms with Gasteiger partial charge in [0.2, 0.25) is 0 Å². The first-order valence-corrected chi connectivity index (χ1v) is 8.64. The number of ether oxygens (including phenoxy) is 1. The van der Waals surface area contributed by atoms with Gasteiger partial charge in [-0.2, -0.15) is 0 Å². The molecule has 0 bridgehead atoms. The summed E-state index contributed by atoms with van der Waals surface area (Å²) in [4.78, 5) is 13.8. The molecule has 0 aromatic rings. The van der Waals surface area contributed by atoms with E-state index in [1.54, 1.807) is 4.90 Å². The molecule has 4 nitrogen and oxygen atoms in total. The van der Waals surface area contributed by atoms with E-state index in [1.807, 2.05) is 20.8 Å². The molecule has 126 valence electrons. The van der Waals surface area contributed by atoms with E-state index in [1.165, 1.54) is 0 Å². The van der Waals surface area contributed by atoms with Crippen molar-refractivity contribution in [3.63, 3.8) is 0 Å². The molecule has 0 atom stereocenters. The fourth-order valence-electron chi connectivity index (χ4n) is 2.78. The smallest absolute Gasteiger partial charge is 0.410 e. The van der Waals surface area contributed by atoms with Gasteiger partial charge in [0, 0.05) is 24.9 Å². The van der Waals surface area contributed by atoms with Crippen molar-refractivity contribution >= 4 is 6.09 Å². The molecule has 0 unspecified atom stereocenters. The van der Waals surface area contributed by atoms with E-state index in [4.69, 9.17) is 4.74 Å². The molecule has 2 rings (SSSR count). The van der Waals surface area contributed by atoms with Gasteiger partial charge in [0.05, 0.1) is 0 Å². The van der Waals surface area contributed by atoms with Gasteiger partial charge in [-0.15, -0.1) is 0 Å². The molecular weight excluding hydrogens is 288 g/mol. The van der Waals surface area contributed by atoms with Gasteiger partial charge in [0.15, 0.2) is 0 Å². The predicted octanol–water partition coefficient (Wildman–Crippen LogP) is 2.64. The number of rotatable bonds is 0. The topological polar surface area (TPSA) is 41.6 Å². The zero-order chi connectivity index (χ0) is 16.7. The Bertz CT molecular complexity index is 514. The van der Waals surface area contributed by atoms with Crippen LogP contribution >= 0.6 is 0 Å². The average molecular weight is 316 g/mol. The summed E-state index contributed by atoms with van der Waals surface area (Å²) in [5.74, 6) is 13.4. The second-order valence-corrected chi connectivity index (χ2v) is 7.30. The highest BCUT2D eigenvalue weighted by Gasteiger charge is 2.26. The number of likely N-dealkylation sites (tertiary alicyclic amines) is 1. The molecule has 0 aromatic heterocycles. The van der Waals surface area contributed by atoms with Crippen LogP contribution in [0, 0.1) is 35.5 Å². The molecule has 0 saturated carbocycles. The SMILES string of the molecule is CC(C)(C)OC(=O)N1CCC(C#CC#CC2CCNCC2)CC1. The molecule has 0 aliphatic carbocycles. The van der Waals surface area contributed by atoms with Crippen molar-refractivity contribution < 1.29 is 9.53 Å². The summed E-state index contributed by atoms with van der Waals surface area (Å²) >= 11 is 0. The highest BCUT2D eigenvalue weighted by Crippen LogP contribution is 2.19. The van der Waals surface area contributed by atoms with Crippen LogP contribution in [0.15, 0.2) is 0 Å². The number of hydrogen-bond donors (Lipinski definition) is 1. The Balaban J connectivity index is 1.74. The predicted molar refractivity (Wildman–Crippen MR) is 91.7 cm³/mol. The largest absolute Gasteiger partial charge is 0.444 e. The maximum Gasteiger partial charge on any atom is 0.410 e. The van der Waals surface area contributed by atoms with Crippen LogP contribution in [0.25, 0.3) is 0 Å². The van der Waals surface area contributed by atoms with Crippen LogP contribution in [0.3, 0.4) is 0 Å². The van der Waals surface area contributed by atoms with Crippen molar-refractivity contribution in [2.75, 3.05) is 26.2 Å². The number of nitrogens with one attached hydrogen (secondary N) is 1. The van der Waals surface area contributed by atoms with Gasteiger partial charge in [0.1, 0.15) is 5.60 Å². The highest BCUT2D eigenvalue weighted by molar-refractivity contribution is 5.68. The Morgan fingerprint density at radius 1 is 1.00 bits per heavy atom. The molecule has 0 spiro atoms. The van der Waals surface area contributed by atoms with Crippen LogP contribution in [0.2, 0.25) is 0 Å². The first kappa shape index (κ1) is 17.7. The number of piperidine rings is 2. The summed E-state index contributed by atoms with van der Waals surface area (Å²) in [6, 6.07) is 0. The van der Waals surface area contributed by atoms with Crippen molar-refractivity contribution in [1.82, 2.24) is 10.2 Å². The third kappa shape index (κ3) is 6.55. The summed E-state index contributed by atoms with van der Waals surface area (Å²) < 4.78 is 5.40. The van der Waals surface area contributed by atoms with Crippen LogP contribution in [-0.2, 0) is 4.74 Å². The molecule has 0 aromatic carbocycles. The lowest BCUT2D eigenvalue weighted by Crippen LogP contribution is -2.41. The van der Waals surface area contributed by atoms with E-state index in [2.05, 4.69) is 29.0 Å². The van der Waals surface area contributed by atoms with Gasteiger partial charge < -0.3 is 15.0 Å². The summed E-state index contributed by atoms with van der Waals surface area (Å²) in [6.45, 7) is 9.25. The minimum absolute atomic E-state index is 0.213. The molecule has 4 heteroatoms. The number of carbonyl (C=O) groups excluding carboxylic acids is 1. The normalized spacial score (nSPS) is 20.0. The maximum absolute atomic E-state index is 12.0. The van der Waals surface area contributed by atoms with E-state index >= 15 is 0 Å². The Labute approximate surface area is 140 Å². The van der Waals surface area contributed by atoms with Crippen molar-refractivity contribution in [2.45, 2.75) is 52.1 Å². The zero-order valence-corrected chi connectivity index (χ0v) is 14.6. The highest BCUT2D eigenvalue weighted by atomic mass is 16.6. The van der Waals surface area contributed by atoms with Crippen molar-refractivity contribution in [2.24, 2.45) is 11.8 Å². The Kier molecular flexibility index (Phi) is 6.37. The molecule has 23 heavy (non-hydrogen) atoms. The molecule has 0 radical (unpaired) electrons. The van der Waals surface area contributed by atoms with Gasteiger partial charge in [-0.25, -0.2) is 4.79 Å². The lowest BCUT2D eigenvalue weighted by molar-refractivity contribution is 0.0199. The standard InChI is InChI=1S/C19H28N2O2/c1-19(2,3)23-18(22)21-14-10-17(11-15-21)7-5-4-6-16-8-12-20-13-9-16/h16-17,20H,8-15H2,1-3H3. The van der Waals surface area contributed by atoms with Crippen molar-refractivity contribution in [3.05, 3.63) is 0 Å². The third-order valence-corrected chi connectivity index (χ3v) is 4.10. The molecular formula is C19H28N2O2. The lowest BCUT2D eigenvalue weighted by Gasteiger charge is -2.31. The lowest BCUT2D eigenvalue weighted by atomic mass is 9.97. The maximum atomic E-state index is 12.0. The number of hydrogen-bond acceptors (Lipinski definition) is 3. The zero-order valence-electron chi connectivity index (χ0n) is 14.6. The van der Waals surface area contributed by atoms with Crippen LogP contribution in [0.4, 0.5) is 4.79 Å². The van der Waals surface area contributed by atoms with Crippen LogP contribution in [0.1, 0.15) is 46.5 Å². The van der Waals surface area contributed by atoms with E-state index in [9.17, 15) is 4.79 Å². The quantitative estimate of drug-likeness (QED) is 0.699. The van der Waals surface area contributed by atoms with Gasteiger partial charge in [-0.05, 0) is 71.4 Å². The number of carbonyl (C=O) groups is 1. The van der Waals surface area contributed by atoms with Crippen molar-refractivity contribution in [1.29, 1.82) is 0 Å². The third-order valence-electron chi connectivity index (χ3n) is 4.10. The van der Waals surface area contributed by atoms with Crippen molar-refractivity contribution in [3.8, 4) is 23.7 Å². The second kappa shape index (κ2) is 8.27. The summed E-state index contributed by atoms with van der Waals surface area (Å²) in [5.41, 5.74) is -0.433. The molecule has 2 aliphatic rings. The summed E-state index contributed by atoms with van der Waals surface area (Å²) in [6.07, 6.45) is 3.85. The molecule has 2 heterocycles. The van der Waals surface area contributed by atoms with Gasteiger partial charge in [-0.3, -0.25) is 0 Å². The summed E-state index contributed by atoms with van der Waals surface area (Å²) in [5, 5.41) is 3.34. The van der Waals surface area contributed by atoms with E-state index in [-0.39, 0.29) is 6.09 Å². The van der Waals surface area contributed by atoms with Crippen LogP contribution in [0.5, 0.6) is 0 Å². The van der Waals surface area contributed by atoms with Gasteiger partial charge >= 0.3 is 6.09 Å². The molecule has 1 N–H and O–H groups in total. The Morgan fingerprint density at radius 2 is 1.52 bits per heavy atom.